The van der Waals surface area contributed by atoms with Gasteiger partial charge in [0, 0.05) is 11.8 Å². The monoisotopic (exact) mass is 286 g/mol. The Labute approximate surface area is 112 Å². The third kappa shape index (κ3) is 4.42. The molecule has 7 heteroatoms. The van der Waals surface area contributed by atoms with Gasteiger partial charge in [0.1, 0.15) is 5.82 Å². The summed E-state index contributed by atoms with van der Waals surface area (Å²) in [4.78, 5) is 3.74. The van der Waals surface area contributed by atoms with Crippen molar-refractivity contribution in [1.29, 1.82) is 0 Å². The van der Waals surface area contributed by atoms with Gasteiger partial charge in [-0.15, -0.1) is 0 Å². The van der Waals surface area contributed by atoms with Crippen LogP contribution >= 0.6 is 0 Å². The number of hydrogen-bond acceptors (Lipinski definition) is 3. The lowest BCUT2D eigenvalue weighted by molar-refractivity contribution is -0.154. The first kappa shape index (κ1) is 14.1. The molecule has 0 bridgehead atoms. The van der Waals surface area contributed by atoms with E-state index < -0.39 is 12.8 Å². The van der Waals surface area contributed by atoms with Crippen LogP contribution in [0.2, 0.25) is 0 Å². The van der Waals surface area contributed by atoms with Crippen LogP contribution in [0.4, 0.5) is 28.9 Å². The number of halogens is 4. The molecule has 0 aliphatic heterocycles. The van der Waals surface area contributed by atoms with Gasteiger partial charge >= 0.3 is 6.18 Å². The molecular weight excluding hydrogens is 276 g/mol. The number of alkyl halides is 3. The van der Waals surface area contributed by atoms with Crippen LogP contribution in [0.5, 0.6) is 5.88 Å². The predicted molar refractivity (Wildman–Crippen MR) is 65.5 cm³/mol. The minimum absolute atomic E-state index is 0.119. The van der Waals surface area contributed by atoms with E-state index in [9.17, 15) is 17.6 Å². The fraction of sp³-hybridized carbons (Fsp3) is 0.154. The molecule has 0 saturated carbocycles. The highest BCUT2D eigenvalue weighted by atomic mass is 19.4. The minimum atomic E-state index is -4.40. The normalized spacial score (nSPS) is 11.2. The van der Waals surface area contributed by atoms with Crippen molar-refractivity contribution in [3.05, 3.63) is 48.4 Å². The van der Waals surface area contributed by atoms with Crippen LogP contribution in [0.1, 0.15) is 0 Å². The Bertz CT molecular complexity index is 552. The third-order valence-electron chi connectivity index (χ3n) is 2.25. The quantitative estimate of drug-likeness (QED) is 0.865. The molecule has 0 amide bonds. The Kier molecular flexibility index (Phi) is 4.07. The summed E-state index contributed by atoms with van der Waals surface area (Å²) in [5, 5.41) is 2.92. The van der Waals surface area contributed by atoms with E-state index in [0.29, 0.717) is 11.4 Å². The van der Waals surface area contributed by atoms with Crippen molar-refractivity contribution in [3.63, 3.8) is 0 Å². The van der Waals surface area contributed by atoms with E-state index in [1.54, 1.807) is 0 Å². The summed E-state index contributed by atoms with van der Waals surface area (Å²) in [5.74, 6) is -0.475. The summed E-state index contributed by atoms with van der Waals surface area (Å²) in [5.41, 5.74) is 1.19. The molecule has 3 nitrogen and oxygen atoms in total. The molecule has 20 heavy (non-hydrogen) atoms. The number of benzene rings is 1. The highest BCUT2D eigenvalue weighted by molar-refractivity contribution is 5.58. The molecule has 106 valence electrons. The van der Waals surface area contributed by atoms with Crippen LogP contribution in [-0.2, 0) is 0 Å². The van der Waals surface area contributed by atoms with E-state index >= 15 is 0 Å². The molecule has 0 unspecified atom stereocenters. The average molecular weight is 286 g/mol. The maximum absolute atomic E-state index is 12.7. The molecule has 0 atom stereocenters. The molecular formula is C13H10F4N2O. The molecule has 0 spiro atoms. The second-order valence-corrected chi connectivity index (χ2v) is 3.92. The van der Waals surface area contributed by atoms with Gasteiger partial charge in [-0.1, -0.05) is 0 Å². The van der Waals surface area contributed by atoms with E-state index in [4.69, 9.17) is 0 Å². The van der Waals surface area contributed by atoms with Gasteiger partial charge in [0.25, 0.3) is 0 Å². The summed E-state index contributed by atoms with van der Waals surface area (Å²) in [6.07, 6.45) is -3.07. The number of hydrogen-bond donors (Lipinski definition) is 1. The van der Waals surface area contributed by atoms with Gasteiger partial charge in [0.2, 0.25) is 5.88 Å². The Balaban J connectivity index is 1.96. The first-order chi connectivity index (χ1) is 9.42. The van der Waals surface area contributed by atoms with Crippen molar-refractivity contribution in [2.24, 2.45) is 0 Å². The number of pyridine rings is 1. The summed E-state index contributed by atoms with van der Waals surface area (Å²) < 4.78 is 53.0. The smallest absolute Gasteiger partial charge is 0.422 e. The average Bonchev–Trinajstić information content (AvgIpc) is 2.40. The van der Waals surface area contributed by atoms with E-state index in [-0.39, 0.29) is 11.7 Å². The van der Waals surface area contributed by atoms with Crippen molar-refractivity contribution in [2.75, 3.05) is 11.9 Å². The van der Waals surface area contributed by atoms with Crippen molar-refractivity contribution in [2.45, 2.75) is 6.18 Å². The number of ether oxygens (including phenoxy) is 1. The molecule has 2 aromatic rings. The Hall–Kier alpha value is -2.31. The number of aromatic nitrogens is 1. The van der Waals surface area contributed by atoms with Crippen LogP contribution < -0.4 is 10.1 Å². The molecule has 1 aromatic heterocycles. The van der Waals surface area contributed by atoms with Crippen LogP contribution in [0.3, 0.4) is 0 Å². The summed E-state index contributed by atoms with van der Waals surface area (Å²) in [7, 11) is 0. The van der Waals surface area contributed by atoms with E-state index in [1.165, 1.54) is 42.6 Å². The fourth-order valence-electron chi connectivity index (χ4n) is 1.40. The molecule has 1 heterocycles. The standard InChI is InChI=1S/C13H10F4N2O/c14-9-1-3-10(4-2-9)19-11-5-6-12(18-7-11)20-8-13(15,16)17/h1-7,19H,8H2. The van der Waals surface area contributed by atoms with Crippen molar-refractivity contribution in [3.8, 4) is 5.88 Å². The molecule has 1 aromatic carbocycles. The number of anilines is 2. The lowest BCUT2D eigenvalue weighted by Crippen LogP contribution is -2.19. The first-order valence-electron chi connectivity index (χ1n) is 5.60. The molecule has 0 aliphatic rings. The SMILES string of the molecule is Fc1ccc(Nc2ccc(OCC(F)(F)F)nc2)cc1. The maximum atomic E-state index is 12.7. The van der Waals surface area contributed by atoms with E-state index in [2.05, 4.69) is 15.0 Å². The number of nitrogens with one attached hydrogen (secondary N) is 1. The zero-order chi connectivity index (χ0) is 14.6. The van der Waals surface area contributed by atoms with Crippen LogP contribution in [0.25, 0.3) is 0 Å². The van der Waals surface area contributed by atoms with Gasteiger partial charge in [-0.3, -0.25) is 0 Å². The van der Waals surface area contributed by atoms with Crippen molar-refractivity contribution < 1.29 is 22.3 Å². The zero-order valence-electron chi connectivity index (χ0n) is 10.1. The maximum Gasteiger partial charge on any atom is 0.422 e. The molecule has 0 aliphatic carbocycles. The van der Waals surface area contributed by atoms with Crippen LogP contribution in [0, 0.1) is 5.82 Å². The topological polar surface area (TPSA) is 34.1 Å². The Morgan fingerprint density at radius 2 is 1.65 bits per heavy atom. The lowest BCUT2D eigenvalue weighted by atomic mass is 10.3. The van der Waals surface area contributed by atoms with Gasteiger partial charge in [-0.25, -0.2) is 9.37 Å². The largest absolute Gasteiger partial charge is 0.468 e. The summed E-state index contributed by atoms with van der Waals surface area (Å²) in [6, 6.07) is 8.47. The second kappa shape index (κ2) is 5.77. The van der Waals surface area contributed by atoms with Crippen LogP contribution in [0.15, 0.2) is 42.6 Å². The van der Waals surface area contributed by atoms with Gasteiger partial charge in [0.15, 0.2) is 6.61 Å². The van der Waals surface area contributed by atoms with Gasteiger partial charge in [0.05, 0.1) is 11.9 Å². The van der Waals surface area contributed by atoms with Gasteiger partial charge in [-0.2, -0.15) is 13.2 Å². The molecule has 0 radical (unpaired) electrons. The predicted octanol–water partition coefficient (Wildman–Crippen LogP) is 3.91. The molecule has 0 fully saturated rings. The highest BCUT2D eigenvalue weighted by Crippen LogP contribution is 2.20. The number of rotatable bonds is 4. The molecule has 1 N–H and O–H groups in total. The van der Waals surface area contributed by atoms with Crippen molar-refractivity contribution in [1.82, 2.24) is 4.98 Å². The molecule has 0 saturated heterocycles. The lowest BCUT2D eigenvalue weighted by Gasteiger charge is -2.09. The summed E-state index contributed by atoms with van der Waals surface area (Å²) in [6.45, 7) is -1.38. The highest BCUT2D eigenvalue weighted by Gasteiger charge is 2.28. The second-order valence-electron chi connectivity index (χ2n) is 3.92. The first-order valence-corrected chi connectivity index (χ1v) is 5.60. The minimum Gasteiger partial charge on any atom is -0.468 e. The van der Waals surface area contributed by atoms with E-state index in [1.807, 2.05) is 0 Å². The molecule has 2 rings (SSSR count). The van der Waals surface area contributed by atoms with E-state index in [0.717, 1.165) is 0 Å². The summed E-state index contributed by atoms with van der Waals surface area (Å²) >= 11 is 0. The Morgan fingerprint density at radius 3 is 2.20 bits per heavy atom. The zero-order valence-corrected chi connectivity index (χ0v) is 10.1. The van der Waals surface area contributed by atoms with Crippen LogP contribution in [-0.4, -0.2) is 17.8 Å². The van der Waals surface area contributed by atoms with Gasteiger partial charge < -0.3 is 10.1 Å². The van der Waals surface area contributed by atoms with Crippen molar-refractivity contribution >= 4 is 11.4 Å². The fourth-order valence-corrected chi connectivity index (χ4v) is 1.40. The number of nitrogens with zero attached hydrogens (tertiary/aromatic N) is 1. The third-order valence-corrected chi connectivity index (χ3v) is 2.25. The Morgan fingerprint density at radius 1 is 1.00 bits per heavy atom. The van der Waals surface area contributed by atoms with Gasteiger partial charge in [-0.05, 0) is 30.3 Å².